The molecule has 5 heteroatoms. The van der Waals surface area contributed by atoms with Gasteiger partial charge < -0.3 is 15.3 Å². The van der Waals surface area contributed by atoms with Crippen LogP contribution >= 0.6 is 0 Å². The lowest BCUT2D eigenvalue weighted by molar-refractivity contribution is -0.129. The number of rotatable bonds is 6. The molecule has 130 valence electrons. The summed E-state index contributed by atoms with van der Waals surface area (Å²) in [5.74, 6) is -0.305. The van der Waals surface area contributed by atoms with Gasteiger partial charge in [0.25, 0.3) is 0 Å². The fourth-order valence-electron chi connectivity index (χ4n) is 3.60. The first-order valence-corrected chi connectivity index (χ1v) is 8.37. The molecule has 1 atom stereocenters. The number of fused-ring (bicyclic) bond motifs is 1. The van der Waals surface area contributed by atoms with Gasteiger partial charge in [-0.25, -0.2) is 0 Å². The van der Waals surface area contributed by atoms with Crippen molar-refractivity contribution < 1.29 is 14.7 Å². The molecule has 2 aromatic carbocycles. The van der Waals surface area contributed by atoms with Crippen LogP contribution in [0.25, 0.3) is 0 Å². The minimum Gasteiger partial charge on any atom is -0.395 e. The minimum absolute atomic E-state index is 0.0576. The highest BCUT2D eigenvalue weighted by Crippen LogP contribution is 2.45. The maximum atomic E-state index is 13.2. The molecule has 3 rings (SSSR count). The summed E-state index contributed by atoms with van der Waals surface area (Å²) < 4.78 is 0. The number of hydrogen-bond acceptors (Lipinski definition) is 3. The minimum atomic E-state index is -0.924. The van der Waals surface area contributed by atoms with E-state index >= 15 is 0 Å². The van der Waals surface area contributed by atoms with Crippen molar-refractivity contribution in [1.82, 2.24) is 5.32 Å². The fraction of sp³-hybridized carbons (Fsp3) is 0.300. The average molecular weight is 338 g/mol. The first-order chi connectivity index (χ1) is 12.1. The molecule has 1 aliphatic rings. The summed E-state index contributed by atoms with van der Waals surface area (Å²) in [6, 6.07) is 17.4. The van der Waals surface area contributed by atoms with E-state index in [-0.39, 0.29) is 31.4 Å². The Morgan fingerprint density at radius 2 is 1.80 bits per heavy atom. The summed E-state index contributed by atoms with van der Waals surface area (Å²) >= 11 is 0. The van der Waals surface area contributed by atoms with Gasteiger partial charge in [0.05, 0.1) is 12.0 Å². The summed E-state index contributed by atoms with van der Waals surface area (Å²) in [6.07, 6.45) is 0.517. The number of hydrogen-bond donors (Lipinski definition) is 2. The number of likely N-dealkylation sites (N-methyl/N-ethyl adjacent to an activating group) is 1. The van der Waals surface area contributed by atoms with Gasteiger partial charge in [0.2, 0.25) is 11.8 Å². The Hall–Kier alpha value is -2.66. The van der Waals surface area contributed by atoms with Gasteiger partial charge >= 0.3 is 0 Å². The molecule has 2 amide bonds. The molecular formula is C20H22N2O3. The molecule has 0 saturated heterocycles. The lowest BCUT2D eigenvalue weighted by Gasteiger charge is -2.28. The van der Waals surface area contributed by atoms with Gasteiger partial charge in [-0.15, -0.1) is 0 Å². The van der Waals surface area contributed by atoms with Gasteiger partial charge in [0, 0.05) is 25.7 Å². The van der Waals surface area contributed by atoms with Crippen molar-refractivity contribution in [2.45, 2.75) is 18.3 Å². The average Bonchev–Trinajstić information content (AvgIpc) is 2.84. The number of anilines is 1. The van der Waals surface area contributed by atoms with E-state index in [1.54, 1.807) is 11.9 Å². The van der Waals surface area contributed by atoms with Crippen molar-refractivity contribution in [1.29, 1.82) is 0 Å². The molecule has 0 radical (unpaired) electrons. The Bertz CT molecular complexity index is 776. The maximum Gasteiger partial charge on any atom is 0.238 e. The predicted molar refractivity (Wildman–Crippen MR) is 96.4 cm³/mol. The molecule has 0 spiro atoms. The molecule has 0 bridgehead atoms. The first-order valence-electron chi connectivity index (χ1n) is 8.37. The third-order valence-electron chi connectivity index (χ3n) is 4.74. The maximum absolute atomic E-state index is 13.2. The summed E-state index contributed by atoms with van der Waals surface area (Å²) in [6.45, 7) is 0.0633. The Morgan fingerprint density at radius 1 is 1.12 bits per heavy atom. The number of nitrogens with one attached hydrogen (secondary N) is 1. The van der Waals surface area contributed by atoms with E-state index in [1.165, 1.54) is 0 Å². The highest BCUT2D eigenvalue weighted by molar-refractivity contribution is 6.09. The van der Waals surface area contributed by atoms with E-state index in [0.29, 0.717) is 6.42 Å². The van der Waals surface area contributed by atoms with Gasteiger partial charge in [-0.2, -0.15) is 0 Å². The van der Waals surface area contributed by atoms with Crippen molar-refractivity contribution in [2.24, 2.45) is 0 Å². The zero-order valence-corrected chi connectivity index (χ0v) is 14.2. The molecule has 0 aromatic heterocycles. The number of aliphatic hydroxyl groups is 1. The SMILES string of the molecule is CN1C(=O)C(CC(=O)NCCO)(Cc2ccccc2)c2ccccc21. The van der Waals surface area contributed by atoms with Crippen LogP contribution in [0.4, 0.5) is 5.69 Å². The Kier molecular flexibility index (Phi) is 4.86. The Balaban J connectivity index is 2.03. The van der Waals surface area contributed by atoms with E-state index in [4.69, 9.17) is 5.11 Å². The Morgan fingerprint density at radius 3 is 2.52 bits per heavy atom. The lowest BCUT2D eigenvalue weighted by Crippen LogP contribution is -2.44. The number of carbonyl (C=O) groups is 2. The number of carbonyl (C=O) groups excluding carboxylic acids is 2. The van der Waals surface area contributed by atoms with Crippen LogP contribution < -0.4 is 10.2 Å². The molecule has 0 saturated carbocycles. The van der Waals surface area contributed by atoms with Gasteiger partial charge in [0.1, 0.15) is 0 Å². The molecule has 0 aliphatic carbocycles. The number of aliphatic hydroxyl groups excluding tert-OH is 1. The van der Waals surface area contributed by atoms with Gasteiger partial charge in [-0.05, 0) is 23.6 Å². The lowest BCUT2D eigenvalue weighted by atomic mass is 9.73. The van der Waals surface area contributed by atoms with Crippen molar-refractivity contribution >= 4 is 17.5 Å². The molecule has 2 N–H and O–H groups in total. The number of nitrogens with zero attached hydrogens (tertiary/aromatic N) is 1. The van der Waals surface area contributed by atoms with Crippen LogP contribution in [-0.4, -0.2) is 37.1 Å². The standard InChI is InChI=1S/C20H22N2O3/c1-22-17-10-6-5-9-16(17)20(19(22)25,14-18(24)21-11-12-23)13-15-7-3-2-4-8-15/h2-10,23H,11-14H2,1H3,(H,21,24). The summed E-state index contributed by atoms with van der Waals surface area (Å²) in [7, 11) is 1.75. The van der Waals surface area contributed by atoms with Crippen LogP contribution in [0.3, 0.4) is 0 Å². The summed E-state index contributed by atoms with van der Waals surface area (Å²) in [5, 5.41) is 11.6. The van der Waals surface area contributed by atoms with Crippen LogP contribution in [0.2, 0.25) is 0 Å². The van der Waals surface area contributed by atoms with Gasteiger partial charge in [-0.3, -0.25) is 9.59 Å². The molecule has 1 unspecified atom stereocenters. The normalized spacial score (nSPS) is 19.0. The quantitative estimate of drug-likeness (QED) is 0.841. The monoisotopic (exact) mass is 338 g/mol. The highest BCUT2D eigenvalue weighted by atomic mass is 16.3. The van der Waals surface area contributed by atoms with E-state index in [9.17, 15) is 9.59 Å². The van der Waals surface area contributed by atoms with Crippen molar-refractivity contribution in [3.8, 4) is 0 Å². The topological polar surface area (TPSA) is 69.6 Å². The van der Waals surface area contributed by atoms with Crippen LogP contribution in [0.15, 0.2) is 54.6 Å². The molecule has 0 fully saturated rings. The van der Waals surface area contributed by atoms with Crippen molar-refractivity contribution in [3.63, 3.8) is 0 Å². The van der Waals surface area contributed by atoms with Crippen molar-refractivity contribution in [3.05, 3.63) is 65.7 Å². The molecular weight excluding hydrogens is 316 g/mol. The fourth-order valence-corrected chi connectivity index (χ4v) is 3.60. The first kappa shape index (κ1) is 17.2. The second-order valence-corrected chi connectivity index (χ2v) is 6.38. The highest BCUT2D eigenvalue weighted by Gasteiger charge is 2.50. The van der Waals surface area contributed by atoms with Gasteiger partial charge in [0.15, 0.2) is 0 Å². The van der Waals surface area contributed by atoms with E-state index < -0.39 is 5.41 Å². The van der Waals surface area contributed by atoms with E-state index in [2.05, 4.69) is 5.32 Å². The number of para-hydroxylation sites is 1. The molecule has 2 aromatic rings. The van der Waals surface area contributed by atoms with Crippen LogP contribution in [0.5, 0.6) is 0 Å². The molecule has 25 heavy (non-hydrogen) atoms. The van der Waals surface area contributed by atoms with Crippen LogP contribution in [0, 0.1) is 0 Å². The number of amides is 2. The van der Waals surface area contributed by atoms with E-state index in [1.807, 2.05) is 54.6 Å². The van der Waals surface area contributed by atoms with Crippen LogP contribution in [-0.2, 0) is 21.4 Å². The Labute approximate surface area is 147 Å². The summed E-state index contributed by atoms with van der Waals surface area (Å²) in [4.78, 5) is 27.3. The third-order valence-corrected chi connectivity index (χ3v) is 4.74. The number of benzene rings is 2. The van der Waals surface area contributed by atoms with Crippen molar-refractivity contribution in [2.75, 3.05) is 25.1 Å². The largest absolute Gasteiger partial charge is 0.395 e. The molecule has 5 nitrogen and oxygen atoms in total. The summed E-state index contributed by atoms with van der Waals surface area (Å²) in [5.41, 5.74) is 1.81. The predicted octanol–water partition coefficient (Wildman–Crippen LogP) is 1.64. The second kappa shape index (κ2) is 7.07. The molecule has 1 heterocycles. The van der Waals surface area contributed by atoms with Gasteiger partial charge in [-0.1, -0.05) is 48.5 Å². The van der Waals surface area contributed by atoms with Crippen LogP contribution in [0.1, 0.15) is 17.5 Å². The second-order valence-electron chi connectivity index (χ2n) is 6.38. The third kappa shape index (κ3) is 3.15. The zero-order chi connectivity index (χ0) is 17.9. The smallest absolute Gasteiger partial charge is 0.238 e. The van der Waals surface area contributed by atoms with E-state index in [0.717, 1.165) is 16.8 Å². The zero-order valence-electron chi connectivity index (χ0n) is 14.2. The molecule has 1 aliphatic heterocycles.